The smallest absolute Gasteiger partial charge is 0.344 e. The molecule has 0 bridgehead atoms. The van der Waals surface area contributed by atoms with E-state index in [1.165, 1.54) is 26.1 Å². The molecule has 1 aromatic carbocycles. The first-order chi connectivity index (χ1) is 17.5. The van der Waals surface area contributed by atoms with Crippen LogP contribution in [0.1, 0.15) is 47.1 Å². The largest absolute Gasteiger partial charge is 0.419 e. The molecule has 192 valence electrons. The quantitative estimate of drug-likeness (QED) is 0.391. The Hall–Kier alpha value is -4.42. The van der Waals surface area contributed by atoms with Crippen LogP contribution in [0.15, 0.2) is 53.7 Å². The third kappa shape index (κ3) is 5.10. The molecular weight excluding hydrogens is 494 g/mol. The van der Waals surface area contributed by atoms with Crippen LogP contribution >= 0.6 is 0 Å². The van der Waals surface area contributed by atoms with Crippen LogP contribution in [-0.4, -0.2) is 35.7 Å². The first-order valence-corrected chi connectivity index (χ1v) is 11.1. The Bertz CT molecular complexity index is 1530. The molecule has 1 amide bonds. The molecule has 4 aromatic rings. The standard InChI is InChI=1S/C24H21F4N7O2/c1-4-34-20(12-30-33-34)15-9-16(11-29-10-15)35-23(37)13(2)8-19(32-35)22(36)31-14(3)17-6-5-7-18(21(17)25)24(26,27)28/h5-12,14H,4H2,1-3H3,(H,31,36)/t14-/m1/s1. The lowest BCUT2D eigenvalue weighted by molar-refractivity contribution is -0.140. The predicted molar refractivity (Wildman–Crippen MR) is 124 cm³/mol. The van der Waals surface area contributed by atoms with Crippen molar-refractivity contribution in [1.82, 2.24) is 35.1 Å². The molecule has 0 aliphatic carbocycles. The van der Waals surface area contributed by atoms with E-state index in [2.05, 4.69) is 25.7 Å². The first-order valence-electron chi connectivity index (χ1n) is 11.1. The number of aryl methyl sites for hydroxylation is 2. The van der Waals surface area contributed by atoms with Crippen LogP contribution in [0.5, 0.6) is 0 Å². The van der Waals surface area contributed by atoms with Gasteiger partial charge in [0, 0.05) is 29.4 Å². The summed E-state index contributed by atoms with van der Waals surface area (Å²) in [5, 5.41) is 14.4. The predicted octanol–water partition coefficient (Wildman–Crippen LogP) is 3.86. The van der Waals surface area contributed by atoms with Crippen molar-refractivity contribution in [1.29, 1.82) is 0 Å². The van der Waals surface area contributed by atoms with E-state index < -0.39 is 35.1 Å². The van der Waals surface area contributed by atoms with Gasteiger partial charge in [-0.3, -0.25) is 14.6 Å². The summed E-state index contributed by atoms with van der Waals surface area (Å²) in [5.41, 5.74) is -0.750. The van der Waals surface area contributed by atoms with Gasteiger partial charge in [0.05, 0.1) is 35.4 Å². The molecule has 3 heterocycles. The number of carbonyl (C=O) groups excluding carboxylic acids is 1. The third-order valence-corrected chi connectivity index (χ3v) is 5.65. The Morgan fingerprint density at radius 3 is 2.62 bits per heavy atom. The summed E-state index contributed by atoms with van der Waals surface area (Å²) in [5.74, 6) is -2.28. The second-order valence-corrected chi connectivity index (χ2v) is 8.20. The van der Waals surface area contributed by atoms with Crippen LogP contribution in [0.2, 0.25) is 0 Å². The van der Waals surface area contributed by atoms with Gasteiger partial charge in [-0.2, -0.15) is 23.0 Å². The fraction of sp³-hybridized carbons (Fsp3) is 0.250. The highest BCUT2D eigenvalue weighted by atomic mass is 19.4. The second-order valence-electron chi connectivity index (χ2n) is 8.20. The summed E-state index contributed by atoms with van der Waals surface area (Å²) < 4.78 is 56.4. The van der Waals surface area contributed by atoms with E-state index in [1.54, 1.807) is 23.1 Å². The average Bonchev–Trinajstić information content (AvgIpc) is 3.34. The summed E-state index contributed by atoms with van der Waals surface area (Å²) in [6.07, 6.45) is -0.386. The van der Waals surface area contributed by atoms with Crippen molar-refractivity contribution in [2.75, 3.05) is 0 Å². The second kappa shape index (κ2) is 9.91. The number of pyridine rings is 1. The SMILES string of the molecule is CCn1nncc1-c1cncc(-n2nc(C(=O)N[C@H](C)c3cccc(C(F)(F)F)c3F)cc(C)c2=O)c1. The molecule has 37 heavy (non-hydrogen) atoms. The van der Waals surface area contributed by atoms with Crippen molar-refractivity contribution in [3.8, 4) is 16.9 Å². The minimum absolute atomic E-state index is 0.184. The Morgan fingerprint density at radius 2 is 1.92 bits per heavy atom. The number of benzene rings is 1. The number of amides is 1. The number of nitrogens with one attached hydrogen (secondary N) is 1. The van der Waals surface area contributed by atoms with Gasteiger partial charge in [-0.25, -0.2) is 9.07 Å². The molecular formula is C24H21F4N7O2. The van der Waals surface area contributed by atoms with Crippen molar-refractivity contribution in [2.45, 2.75) is 39.5 Å². The summed E-state index contributed by atoms with van der Waals surface area (Å²) >= 11 is 0. The van der Waals surface area contributed by atoms with E-state index in [-0.39, 0.29) is 22.5 Å². The normalized spacial score (nSPS) is 12.4. The van der Waals surface area contributed by atoms with Crippen molar-refractivity contribution >= 4 is 5.91 Å². The maximum atomic E-state index is 14.5. The number of hydrogen-bond donors (Lipinski definition) is 1. The maximum Gasteiger partial charge on any atom is 0.419 e. The van der Waals surface area contributed by atoms with E-state index in [1.807, 2.05) is 6.92 Å². The van der Waals surface area contributed by atoms with Gasteiger partial charge in [0.1, 0.15) is 11.5 Å². The fourth-order valence-electron chi connectivity index (χ4n) is 3.75. The monoisotopic (exact) mass is 515 g/mol. The van der Waals surface area contributed by atoms with Crippen LogP contribution in [-0.2, 0) is 12.7 Å². The van der Waals surface area contributed by atoms with Crippen molar-refractivity contribution in [3.63, 3.8) is 0 Å². The molecule has 13 heteroatoms. The number of carbonyl (C=O) groups is 1. The van der Waals surface area contributed by atoms with Crippen LogP contribution < -0.4 is 10.9 Å². The molecule has 0 radical (unpaired) electrons. The number of rotatable bonds is 6. The van der Waals surface area contributed by atoms with E-state index >= 15 is 0 Å². The van der Waals surface area contributed by atoms with Gasteiger partial charge in [0.15, 0.2) is 0 Å². The molecule has 0 spiro atoms. The zero-order valence-corrected chi connectivity index (χ0v) is 19.9. The number of nitrogens with zero attached hydrogens (tertiary/aromatic N) is 6. The highest BCUT2D eigenvalue weighted by Gasteiger charge is 2.35. The van der Waals surface area contributed by atoms with E-state index in [0.717, 1.165) is 16.8 Å². The van der Waals surface area contributed by atoms with Crippen LogP contribution in [0, 0.1) is 12.7 Å². The zero-order chi connectivity index (χ0) is 26.9. The van der Waals surface area contributed by atoms with E-state index in [4.69, 9.17) is 0 Å². The molecule has 0 aliphatic heterocycles. The molecule has 0 fully saturated rings. The number of aromatic nitrogens is 6. The molecule has 0 unspecified atom stereocenters. The van der Waals surface area contributed by atoms with Gasteiger partial charge in [-0.1, -0.05) is 17.3 Å². The van der Waals surface area contributed by atoms with Gasteiger partial charge in [0.25, 0.3) is 11.5 Å². The van der Waals surface area contributed by atoms with Crippen molar-refractivity contribution < 1.29 is 22.4 Å². The van der Waals surface area contributed by atoms with Gasteiger partial charge >= 0.3 is 6.18 Å². The van der Waals surface area contributed by atoms with Gasteiger partial charge < -0.3 is 5.32 Å². The lowest BCUT2D eigenvalue weighted by Gasteiger charge is -2.18. The highest BCUT2D eigenvalue weighted by Crippen LogP contribution is 2.33. The van der Waals surface area contributed by atoms with E-state index in [9.17, 15) is 27.2 Å². The first kappa shape index (κ1) is 25.7. The Balaban J connectivity index is 1.67. The summed E-state index contributed by atoms with van der Waals surface area (Å²) in [4.78, 5) is 29.9. The highest BCUT2D eigenvalue weighted by molar-refractivity contribution is 5.92. The zero-order valence-electron chi connectivity index (χ0n) is 19.9. The molecule has 1 atom stereocenters. The summed E-state index contributed by atoms with van der Waals surface area (Å²) in [7, 11) is 0. The number of hydrogen-bond acceptors (Lipinski definition) is 6. The Morgan fingerprint density at radius 1 is 1.16 bits per heavy atom. The van der Waals surface area contributed by atoms with Crippen LogP contribution in [0.4, 0.5) is 17.6 Å². The minimum atomic E-state index is -4.88. The molecule has 4 rings (SSSR count). The lowest BCUT2D eigenvalue weighted by Crippen LogP contribution is -2.32. The van der Waals surface area contributed by atoms with E-state index in [0.29, 0.717) is 23.9 Å². The molecule has 3 aromatic heterocycles. The van der Waals surface area contributed by atoms with Crippen molar-refractivity contribution in [3.05, 3.63) is 87.5 Å². The summed E-state index contributed by atoms with van der Waals surface area (Å²) in [6.45, 7) is 5.27. The maximum absolute atomic E-state index is 14.5. The van der Waals surface area contributed by atoms with Crippen LogP contribution in [0.3, 0.4) is 0 Å². The van der Waals surface area contributed by atoms with Gasteiger partial charge in [-0.05, 0) is 39.0 Å². The molecule has 0 saturated carbocycles. The third-order valence-electron chi connectivity index (χ3n) is 5.65. The average molecular weight is 515 g/mol. The molecule has 0 saturated heterocycles. The van der Waals surface area contributed by atoms with Gasteiger partial charge in [0.2, 0.25) is 0 Å². The van der Waals surface area contributed by atoms with Gasteiger partial charge in [-0.15, -0.1) is 5.10 Å². The Kier molecular flexibility index (Phi) is 6.88. The molecule has 9 nitrogen and oxygen atoms in total. The van der Waals surface area contributed by atoms with Crippen molar-refractivity contribution in [2.24, 2.45) is 0 Å². The molecule has 1 N–H and O–H groups in total. The molecule has 0 aliphatic rings. The number of halogens is 4. The number of alkyl halides is 3. The van der Waals surface area contributed by atoms with Crippen LogP contribution in [0.25, 0.3) is 16.9 Å². The minimum Gasteiger partial charge on any atom is -0.344 e. The summed E-state index contributed by atoms with van der Waals surface area (Å²) in [6, 6.07) is 4.60. The topological polar surface area (TPSA) is 108 Å². The Labute approximate surface area is 207 Å². The lowest BCUT2D eigenvalue weighted by atomic mass is 10.0. The fourth-order valence-corrected chi connectivity index (χ4v) is 3.75.